The molecular formula is C13H20O. The van der Waals surface area contributed by atoms with Crippen LogP contribution in [-0.2, 0) is 4.74 Å². The van der Waals surface area contributed by atoms with Crippen molar-refractivity contribution in [2.24, 2.45) is 23.7 Å². The highest BCUT2D eigenvalue weighted by atomic mass is 16.5. The van der Waals surface area contributed by atoms with Crippen molar-refractivity contribution in [3.05, 3.63) is 11.8 Å². The molecule has 0 aromatic rings. The van der Waals surface area contributed by atoms with Crippen LogP contribution in [0.25, 0.3) is 0 Å². The molecule has 0 aromatic heterocycles. The first kappa shape index (κ1) is 8.82. The second kappa shape index (κ2) is 3.29. The van der Waals surface area contributed by atoms with E-state index in [0.717, 1.165) is 30.3 Å². The molecule has 3 fully saturated rings. The first-order valence-corrected chi connectivity index (χ1v) is 6.20. The fraction of sp³-hybridized carbons (Fsp3) is 0.846. The molecule has 0 saturated heterocycles. The van der Waals surface area contributed by atoms with Gasteiger partial charge in [-0.1, -0.05) is 0 Å². The normalized spacial score (nSPS) is 47.4. The largest absolute Gasteiger partial charge is 0.502 e. The van der Waals surface area contributed by atoms with E-state index in [1.807, 2.05) is 0 Å². The Bertz CT molecular complexity index is 256. The minimum absolute atomic E-state index is 0.828. The summed E-state index contributed by atoms with van der Waals surface area (Å²) in [6.45, 7) is 2.90. The van der Waals surface area contributed by atoms with E-state index >= 15 is 0 Å². The lowest BCUT2D eigenvalue weighted by Gasteiger charge is -2.25. The molecule has 3 aliphatic carbocycles. The van der Waals surface area contributed by atoms with Crippen molar-refractivity contribution in [2.75, 3.05) is 6.61 Å². The van der Waals surface area contributed by atoms with Crippen LogP contribution in [-0.4, -0.2) is 6.61 Å². The minimum atomic E-state index is 0.828. The molecule has 0 amide bonds. The van der Waals surface area contributed by atoms with Crippen molar-refractivity contribution in [3.63, 3.8) is 0 Å². The first-order valence-electron chi connectivity index (χ1n) is 6.20. The predicted octanol–water partition coefficient (Wildman–Crippen LogP) is 3.36. The zero-order valence-electron chi connectivity index (χ0n) is 9.04. The van der Waals surface area contributed by atoms with Gasteiger partial charge in [0.25, 0.3) is 0 Å². The van der Waals surface area contributed by atoms with E-state index in [1.54, 1.807) is 5.57 Å². The average molecular weight is 192 g/mol. The lowest BCUT2D eigenvalue weighted by atomic mass is 9.80. The highest BCUT2D eigenvalue weighted by Gasteiger charge is 2.51. The third-order valence-electron chi connectivity index (χ3n) is 4.68. The maximum atomic E-state index is 5.47. The summed E-state index contributed by atoms with van der Waals surface area (Å²) in [4.78, 5) is 0. The smallest absolute Gasteiger partial charge is 0.0845 e. The van der Waals surface area contributed by atoms with Crippen LogP contribution >= 0.6 is 0 Å². The molecule has 1 nitrogen and oxygen atoms in total. The minimum Gasteiger partial charge on any atom is -0.502 e. The SMILES string of the molecule is CCO/C=C1\CCC2C3CCC(C3)C12. The summed E-state index contributed by atoms with van der Waals surface area (Å²) >= 11 is 0. The lowest BCUT2D eigenvalue weighted by Crippen LogP contribution is -2.17. The van der Waals surface area contributed by atoms with Crippen molar-refractivity contribution in [2.45, 2.75) is 39.0 Å². The number of fused-ring (bicyclic) bond motifs is 5. The zero-order valence-corrected chi connectivity index (χ0v) is 9.04. The fourth-order valence-corrected chi connectivity index (χ4v) is 4.23. The van der Waals surface area contributed by atoms with Crippen molar-refractivity contribution < 1.29 is 4.74 Å². The van der Waals surface area contributed by atoms with Crippen LogP contribution in [0.4, 0.5) is 0 Å². The number of hydrogen-bond acceptors (Lipinski definition) is 1. The van der Waals surface area contributed by atoms with E-state index in [-0.39, 0.29) is 0 Å². The van der Waals surface area contributed by atoms with Crippen LogP contribution < -0.4 is 0 Å². The summed E-state index contributed by atoms with van der Waals surface area (Å²) in [6, 6.07) is 0. The van der Waals surface area contributed by atoms with Gasteiger partial charge < -0.3 is 4.74 Å². The van der Waals surface area contributed by atoms with Crippen LogP contribution in [0, 0.1) is 23.7 Å². The van der Waals surface area contributed by atoms with Gasteiger partial charge in [-0.25, -0.2) is 0 Å². The molecule has 14 heavy (non-hydrogen) atoms. The summed E-state index contributed by atoms with van der Waals surface area (Å²) in [7, 11) is 0. The number of hydrogen-bond donors (Lipinski definition) is 0. The van der Waals surface area contributed by atoms with E-state index in [2.05, 4.69) is 13.2 Å². The molecular weight excluding hydrogens is 172 g/mol. The number of ether oxygens (including phenoxy) is 1. The Balaban J connectivity index is 1.79. The Morgan fingerprint density at radius 1 is 1.29 bits per heavy atom. The van der Waals surface area contributed by atoms with E-state index in [1.165, 1.54) is 32.1 Å². The summed E-state index contributed by atoms with van der Waals surface area (Å²) in [5.74, 6) is 4.08. The molecule has 4 unspecified atom stereocenters. The van der Waals surface area contributed by atoms with Crippen LogP contribution in [0.5, 0.6) is 0 Å². The number of allylic oxidation sites excluding steroid dienone is 1. The lowest BCUT2D eigenvalue weighted by molar-refractivity contribution is 0.249. The van der Waals surface area contributed by atoms with E-state index in [4.69, 9.17) is 4.74 Å². The second-order valence-corrected chi connectivity index (χ2v) is 5.21. The Hall–Kier alpha value is -0.460. The molecule has 1 heteroatoms. The Morgan fingerprint density at radius 2 is 2.14 bits per heavy atom. The maximum absolute atomic E-state index is 5.47. The first-order chi connectivity index (χ1) is 6.90. The molecule has 3 rings (SSSR count). The van der Waals surface area contributed by atoms with Gasteiger partial charge in [0, 0.05) is 0 Å². The van der Waals surface area contributed by atoms with Gasteiger partial charge >= 0.3 is 0 Å². The molecule has 3 saturated carbocycles. The third-order valence-corrected chi connectivity index (χ3v) is 4.68. The van der Waals surface area contributed by atoms with E-state index in [0.29, 0.717) is 0 Å². The zero-order chi connectivity index (χ0) is 9.54. The summed E-state index contributed by atoms with van der Waals surface area (Å²) in [5.41, 5.74) is 1.64. The Labute approximate surface area is 86.5 Å². The molecule has 0 heterocycles. The van der Waals surface area contributed by atoms with Crippen LogP contribution in [0.1, 0.15) is 39.0 Å². The van der Waals surface area contributed by atoms with E-state index < -0.39 is 0 Å². The Morgan fingerprint density at radius 3 is 3.00 bits per heavy atom. The standard InChI is InChI=1S/C13H20O/c1-2-14-8-11-5-6-12-9-3-4-10(7-9)13(11)12/h8-10,12-13H,2-7H2,1H3/b11-8+. The molecule has 0 radical (unpaired) electrons. The highest BCUT2D eigenvalue weighted by molar-refractivity contribution is 5.19. The molecule has 78 valence electrons. The molecule has 0 aromatic carbocycles. The van der Waals surface area contributed by atoms with Gasteiger partial charge in [-0.3, -0.25) is 0 Å². The Kier molecular flexibility index (Phi) is 2.07. The van der Waals surface area contributed by atoms with Crippen molar-refractivity contribution >= 4 is 0 Å². The maximum Gasteiger partial charge on any atom is 0.0845 e. The van der Waals surface area contributed by atoms with Crippen molar-refractivity contribution in [3.8, 4) is 0 Å². The second-order valence-electron chi connectivity index (χ2n) is 5.21. The predicted molar refractivity (Wildman–Crippen MR) is 56.8 cm³/mol. The molecule has 0 spiro atoms. The van der Waals surface area contributed by atoms with Gasteiger partial charge in [0.1, 0.15) is 0 Å². The van der Waals surface area contributed by atoms with Gasteiger partial charge in [0.15, 0.2) is 0 Å². The molecule has 0 aliphatic heterocycles. The molecule has 2 bridgehead atoms. The van der Waals surface area contributed by atoms with Gasteiger partial charge in [-0.05, 0) is 68.3 Å². The van der Waals surface area contributed by atoms with Gasteiger partial charge in [-0.15, -0.1) is 0 Å². The molecule has 0 N–H and O–H groups in total. The van der Waals surface area contributed by atoms with Crippen LogP contribution in [0.15, 0.2) is 11.8 Å². The highest BCUT2D eigenvalue weighted by Crippen LogP contribution is 2.60. The quantitative estimate of drug-likeness (QED) is 0.609. The summed E-state index contributed by atoms with van der Waals surface area (Å²) < 4.78 is 5.47. The fourth-order valence-electron chi connectivity index (χ4n) is 4.23. The van der Waals surface area contributed by atoms with Crippen molar-refractivity contribution in [1.82, 2.24) is 0 Å². The third kappa shape index (κ3) is 1.14. The average Bonchev–Trinajstić information content (AvgIpc) is 2.87. The van der Waals surface area contributed by atoms with E-state index in [9.17, 15) is 0 Å². The summed E-state index contributed by atoms with van der Waals surface area (Å²) in [5, 5.41) is 0. The van der Waals surface area contributed by atoms with Gasteiger partial charge in [-0.2, -0.15) is 0 Å². The molecule has 3 aliphatic rings. The van der Waals surface area contributed by atoms with Gasteiger partial charge in [0.2, 0.25) is 0 Å². The van der Waals surface area contributed by atoms with Crippen LogP contribution in [0.2, 0.25) is 0 Å². The van der Waals surface area contributed by atoms with Crippen LogP contribution in [0.3, 0.4) is 0 Å². The monoisotopic (exact) mass is 192 g/mol. The van der Waals surface area contributed by atoms with Crippen molar-refractivity contribution in [1.29, 1.82) is 0 Å². The van der Waals surface area contributed by atoms with Gasteiger partial charge in [0.05, 0.1) is 12.9 Å². The topological polar surface area (TPSA) is 9.23 Å². The molecule has 4 atom stereocenters. The summed E-state index contributed by atoms with van der Waals surface area (Å²) in [6.07, 6.45) is 9.40. The number of rotatable bonds is 2.